The summed E-state index contributed by atoms with van der Waals surface area (Å²) in [6.07, 6.45) is -0.0103. The van der Waals surface area contributed by atoms with Crippen LogP contribution in [0.2, 0.25) is 0 Å². The van der Waals surface area contributed by atoms with Crippen LogP contribution in [0.4, 0.5) is 4.79 Å². The predicted octanol–water partition coefficient (Wildman–Crippen LogP) is 3.17. The lowest BCUT2D eigenvalue weighted by atomic mass is 9.98. The Morgan fingerprint density at radius 1 is 1.00 bits per heavy atom. The number of fused-ring (bicyclic) bond motifs is 3. The number of rotatable bonds is 9. The normalized spacial score (nSPS) is 16.3. The van der Waals surface area contributed by atoms with E-state index in [2.05, 4.69) is 34.5 Å². The van der Waals surface area contributed by atoms with Gasteiger partial charge in [-0.25, -0.2) is 4.79 Å². The monoisotopic (exact) mass is 479 g/mol. The van der Waals surface area contributed by atoms with E-state index in [-0.39, 0.29) is 30.8 Å². The van der Waals surface area contributed by atoms with Crippen LogP contribution < -0.4 is 5.32 Å². The molecule has 186 valence electrons. The largest absolute Gasteiger partial charge is 0.481 e. The van der Waals surface area contributed by atoms with Crippen LogP contribution in [0.1, 0.15) is 36.8 Å². The van der Waals surface area contributed by atoms with Gasteiger partial charge in [-0.2, -0.15) is 0 Å². The Bertz CT molecular complexity index is 1020. The van der Waals surface area contributed by atoms with Gasteiger partial charge in [-0.1, -0.05) is 55.5 Å². The van der Waals surface area contributed by atoms with Crippen LogP contribution >= 0.6 is 0 Å². The molecule has 0 saturated carbocycles. The molecule has 8 heteroatoms. The minimum absolute atomic E-state index is 0.0151. The Morgan fingerprint density at radius 2 is 1.60 bits per heavy atom. The van der Waals surface area contributed by atoms with Crippen molar-refractivity contribution in [3.63, 3.8) is 0 Å². The summed E-state index contributed by atoms with van der Waals surface area (Å²) < 4.78 is 5.57. The number of nitrogens with zero attached hydrogens (tertiary/aromatic N) is 2. The van der Waals surface area contributed by atoms with Gasteiger partial charge >= 0.3 is 12.1 Å². The first kappa shape index (κ1) is 24.7. The third-order valence-electron chi connectivity index (χ3n) is 6.83. The van der Waals surface area contributed by atoms with Crippen molar-refractivity contribution in [2.24, 2.45) is 5.92 Å². The fourth-order valence-corrected chi connectivity index (χ4v) is 4.88. The second-order valence-electron chi connectivity index (χ2n) is 9.38. The number of alkyl carbamates (subject to hydrolysis) is 1. The van der Waals surface area contributed by atoms with Crippen LogP contribution in [0, 0.1) is 5.92 Å². The maximum atomic E-state index is 12.6. The number of carbonyl (C=O) groups excluding carboxylic acids is 2. The van der Waals surface area contributed by atoms with Gasteiger partial charge < -0.3 is 20.1 Å². The maximum absolute atomic E-state index is 12.6. The van der Waals surface area contributed by atoms with Crippen LogP contribution in [-0.2, 0) is 14.3 Å². The SMILES string of the molecule is CC(CNC(=O)OCC1c2ccccc2-c2ccccc21)CC(=O)N1CCN(CCC(=O)O)CC1. The minimum atomic E-state index is -0.804. The summed E-state index contributed by atoms with van der Waals surface area (Å²) in [5.74, 6) is -0.750. The Balaban J connectivity index is 1.19. The lowest BCUT2D eigenvalue weighted by molar-refractivity contribution is -0.138. The number of hydrogen-bond donors (Lipinski definition) is 2. The molecule has 1 saturated heterocycles. The highest BCUT2D eigenvalue weighted by atomic mass is 16.5. The molecule has 2 aromatic carbocycles. The van der Waals surface area contributed by atoms with Gasteiger partial charge in [-0.05, 0) is 28.2 Å². The van der Waals surface area contributed by atoms with E-state index in [0.29, 0.717) is 45.7 Å². The molecule has 2 aromatic rings. The van der Waals surface area contributed by atoms with Crippen molar-refractivity contribution in [1.29, 1.82) is 0 Å². The molecule has 4 rings (SSSR count). The van der Waals surface area contributed by atoms with E-state index in [1.54, 1.807) is 0 Å². The minimum Gasteiger partial charge on any atom is -0.481 e. The van der Waals surface area contributed by atoms with Gasteiger partial charge in [0.25, 0.3) is 0 Å². The van der Waals surface area contributed by atoms with E-state index in [0.717, 1.165) is 0 Å². The number of aliphatic carboxylic acids is 1. The highest BCUT2D eigenvalue weighted by molar-refractivity contribution is 5.79. The molecule has 1 fully saturated rings. The zero-order valence-corrected chi connectivity index (χ0v) is 20.1. The molecule has 8 nitrogen and oxygen atoms in total. The summed E-state index contributed by atoms with van der Waals surface area (Å²) in [6, 6.07) is 16.4. The van der Waals surface area contributed by atoms with Gasteiger partial charge in [0.15, 0.2) is 0 Å². The first-order valence-corrected chi connectivity index (χ1v) is 12.2. The number of hydrogen-bond acceptors (Lipinski definition) is 5. The number of carboxylic acids is 1. The summed E-state index contributed by atoms with van der Waals surface area (Å²) >= 11 is 0. The van der Waals surface area contributed by atoms with Gasteiger partial charge in [-0.3, -0.25) is 14.5 Å². The number of nitrogens with one attached hydrogen (secondary N) is 1. The molecular weight excluding hydrogens is 446 g/mol. The van der Waals surface area contributed by atoms with Gasteiger partial charge in [0.05, 0.1) is 6.42 Å². The summed E-state index contributed by atoms with van der Waals surface area (Å²) in [5, 5.41) is 11.6. The molecule has 1 aliphatic carbocycles. The molecule has 2 aliphatic rings. The first-order valence-electron chi connectivity index (χ1n) is 12.2. The Labute approximate surface area is 205 Å². The fraction of sp³-hybridized carbons (Fsp3) is 0.444. The van der Waals surface area contributed by atoms with Gasteiger partial charge in [0.2, 0.25) is 5.91 Å². The summed E-state index contributed by atoms with van der Waals surface area (Å²) in [6.45, 7) is 5.65. The zero-order chi connectivity index (χ0) is 24.8. The average Bonchev–Trinajstić information content (AvgIpc) is 3.19. The third-order valence-corrected chi connectivity index (χ3v) is 6.83. The van der Waals surface area contributed by atoms with Crippen molar-refractivity contribution in [2.45, 2.75) is 25.7 Å². The molecule has 2 N–H and O–H groups in total. The van der Waals surface area contributed by atoms with Crippen molar-refractivity contribution < 1.29 is 24.2 Å². The Morgan fingerprint density at radius 3 is 2.20 bits per heavy atom. The first-order chi connectivity index (χ1) is 16.9. The predicted molar refractivity (Wildman–Crippen MR) is 132 cm³/mol. The van der Waals surface area contributed by atoms with Gasteiger partial charge in [0.1, 0.15) is 6.61 Å². The molecule has 35 heavy (non-hydrogen) atoms. The summed E-state index contributed by atoms with van der Waals surface area (Å²) in [4.78, 5) is 39.6. The van der Waals surface area contributed by atoms with E-state index >= 15 is 0 Å². The molecule has 0 spiro atoms. The van der Waals surface area contributed by atoms with E-state index in [1.807, 2.05) is 36.1 Å². The van der Waals surface area contributed by atoms with Crippen molar-refractivity contribution in [2.75, 3.05) is 45.9 Å². The number of amides is 2. The molecule has 1 aliphatic heterocycles. The lowest BCUT2D eigenvalue weighted by Gasteiger charge is -2.35. The quantitative estimate of drug-likeness (QED) is 0.573. The molecule has 0 radical (unpaired) electrons. The number of carbonyl (C=O) groups is 3. The topological polar surface area (TPSA) is 99.2 Å². The number of ether oxygens (including phenoxy) is 1. The number of piperazine rings is 1. The lowest BCUT2D eigenvalue weighted by Crippen LogP contribution is -2.49. The van der Waals surface area contributed by atoms with Crippen molar-refractivity contribution in [1.82, 2.24) is 15.1 Å². The maximum Gasteiger partial charge on any atom is 0.407 e. The third kappa shape index (κ3) is 6.19. The molecule has 1 heterocycles. The van der Waals surface area contributed by atoms with Crippen LogP contribution in [0.15, 0.2) is 48.5 Å². The summed E-state index contributed by atoms with van der Waals surface area (Å²) in [7, 11) is 0. The smallest absolute Gasteiger partial charge is 0.407 e. The molecular formula is C27H33N3O5. The van der Waals surface area contributed by atoms with E-state index < -0.39 is 12.1 Å². The molecule has 1 atom stereocenters. The van der Waals surface area contributed by atoms with Crippen molar-refractivity contribution in [3.05, 3.63) is 59.7 Å². The van der Waals surface area contributed by atoms with Crippen LogP contribution in [0.3, 0.4) is 0 Å². The van der Waals surface area contributed by atoms with Gasteiger partial charge in [0, 0.05) is 51.6 Å². The number of benzene rings is 2. The summed E-state index contributed by atoms with van der Waals surface area (Å²) in [5.41, 5.74) is 4.71. The second kappa shape index (κ2) is 11.4. The molecule has 1 unspecified atom stereocenters. The fourth-order valence-electron chi connectivity index (χ4n) is 4.88. The van der Waals surface area contributed by atoms with E-state index in [1.165, 1.54) is 22.3 Å². The van der Waals surface area contributed by atoms with Crippen molar-refractivity contribution >= 4 is 18.0 Å². The standard InChI is InChI=1S/C27H33N3O5/c1-19(16-25(31)30-14-12-29(13-15-30)11-10-26(32)33)17-28-27(34)35-18-24-22-8-4-2-6-20(22)21-7-3-5-9-23(21)24/h2-9,19,24H,10-18H2,1H3,(H,28,34)(H,32,33). The molecule has 2 amide bonds. The Kier molecular flexibility index (Phi) is 8.02. The number of carboxylic acid groups (broad SMARTS) is 1. The van der Waals surface area contributed by atoms with Crippen LogP contribution in [0.25, 0.3) is 11.1 Å². The second-order valence-corrected chi connectivity index (χ2v) is 9.38. The zero-order valence-electron chi connectivity index (χ0n) is 20.1. The van der Waals surface area contributed by atoms with Crippen molar-refractivity contribution in [3.8, 4) is 11.1 Å². The highest BCUT2D eigenvalue weighted by Crippen LogP contribution is 2.44. The molecule has 0 aromatic heterocycles. The van der Waals surface area contributed by atoms with Crippen LogP contribution in [-0.4, -0.2) is 78.8 Å². The van der Waals surface area contributed by atoms with Gasteiger partial charge in [-0.15, -0.1) is 0 Å². The average molecular weight is 480 g/mol. The highest BCUT2D eigenvalue weighted by Gasteiger charge is 2.29. The van der Waals surface area contributed by atoms with E-state index in [9.17, 15) is 14.4 Å². The Hall–Kier alpha value is -3.39. The van der Waals surface area contributed by atoms with E-state index in [4.69, 9.17) is 9.84 Å². The molecule has 0 bridgehead atoms. The van der Waals surface area contributed by atoms with Crippen LogP contribution in [0.5, 0.6) is 0 Å².